The van der Waals surface area contributed by atoms with Crippen LogP contribution >= 0.6 is 0 Å². The molecule has 15 nitrogen and oxygen atoms in total. The van der Waals surface area contributed by atoms with Crippen molar-refractivity contribution in [2.45, 2.75) is 76.3 Å². The number of carbonyl (C=O) groups is 6. The van der Waals surface area contributed by atoms with Crippen LogP contribution in [0.4, 0.5) is 0 Å². The number of phenolic OH excluding ortho intramolecular Hbond substituents is 1. The van der Waals surface area contributed by atoms with E-state index in [-0.39, 0.29) is 25.0 Å². The van der Waals surface area contributed by atoms with E-state index in [2.05, 4.69) is 16.0 Å². The molecule has 3 aromatic rings. The summed E-state index contributed by atoms with van der Waals surface area (Å²) in [5.41, 5.74) is 1.92. The molecule has 6 amide bonds. The molecule has 292 valence electrons. The van der Waals surface area contributed by atoms with Gasteiger partial charge in [0.15, 0.2) is 11.5 Å². The minimum absolute atomic E-state index is 0.000700. The van der Waals surface area contributed by atoms with Crippen LogP contribution in [0.3, 0.4) is 0 Å². The highest BCUT2D eigenvalue weighted by Crippen LogP contribution is 2.34. The summed E-state index contributed by atoms with van der Waals surface area (Å²) in [5, 5.41) is 17.9. The number of nitrogens with one attached hydrogen (secondary N) is 3. The molecule has 55 heavy (non-hydrogen) atoms. The average Bonchev–Trinajstić information content (AvgIpc) is 3.16. The molecule has 6 atom stereocenters. The zero-order valence-corrected chi connectivity index (χ0v) is 32.0. The minimum atomic E-state index is -1.17. The largest absolute Gasteiger partial charge is 0.508 e. The van der Waals surface area contributed by atoms with Crippen LogP contribution in [-0.2, 0) is 48.0 Å². The van der Waals surface area contributed by atoms with Gasteiger partial charge in [0.2, 0.25) is 35.4 Å². The molecule has 0 saturated carbocycles. The number of ether oxygens (including phenoxy) is 2. The van der Waals surface area contributed by atoms with Crippen molar-refractivity contribution in [2.24, 2.45) is 0 Å². The molecule has 6 rings (SSSR count). The SMILES string of the molecule is COc1ccc2cc1Oc1ccc(cc1)C[C@H]1C(=O)N(C)[C@@H](C2)C(=O)N[C@@H](C)C(=O)N[C@H](C)C(=O)N(C)[C@H](Cc2ccc(O)cc2)C(=O)N[C@H](C)C(=O)N1C. The molecule has 4 N–H and O–H groups in total. The second-order valence-corrected chi connectivity index (χ2v) is 14.1. The monoisotopic (exact) mass is 756 g/mol. The third-order valence-corrected chi connectivity index (χ3v) is 10.1. The molecule has 0 radical (unpaired) electrons. The summed E-state index contributed by atoms with van der Waals surface area (Å²) in [6, 6.07) is 11.4. The van der Waals surface area contributed by atoms with Crippen molar-refractivity contribution in [3.05, 3.63) is 83.4 Å². The van der Waals surface area contributed by atoms with E-state index in [0.29, 0.717) is 33.9 Å². The molecule has 0 aliphatic carbocycles. The highest BCUT2D eigenvalue weighted by Gasteiger charge is 2.39. The number of methoxy groups -OCH3 is 1. The highest BCUT2D eigenvalue weighted by atomic mass is 16.5. The first-order valence-corrected chi connectivity index (χ1v) is 18.0. The second kappa shape index (κ2) is 16.9. The Morgan fingerprint density at radius 3 is 1.84 bits per heavy atom. The lowest BCUT2D eigenvalue weighted by Gasteiger charge is -2.36. The van der Waals surface area contributed by atoms with E-state index in [0.717, 1.165) is 0 Å². The molecule has 3 aliphatic rings. The standard InChI is InChI=1S/C40H48N6O9/c1-22-35(48)42-23(2)38(51)44(4)30(18-25-8-13-28(47)14-9-25)37(50)43-24(3)39(52)46(6)32-19-26-10-15-29(16-11-26)55-34-21-27(12-17-33(34)54-7)20-31(36(49)41-22)45(5)40(32)53/h8-17,21-24,30-32,47H,18-20H2,1-7H3,(H,41,49)(H,42,48)(H,43,50)/t22-,23+,24+,30+,31-,32-/m0/s1. The van der Waals surface area contributed by atoms with Crippen molar-refractivity contribution in [3.63, 3.8) is 0 Å². The van der Waals surface area contributed by atoms with Crippen LogP contribution in [0.2, 0.25) is 0 Å². The maximum Gasteiger partial charge on any atom is 0.246 e. The first-order valence-electron chi connectivity index (χ1n) is 18.0. The number of aromatic hydroxyl groups is 1. The maximum absolute atomic E-state index is 14.6. The molecule has 6 bridgehead atoms. The smallest absolute Gasteiger partial charge is 0.246 e. The van der Waals surface area contributed by atoms with E-state index >= 15 is 0 Å². The number of nitrogens with zero attached hydrogens (tertiary/aromatic N) is 3. The minimum Gasteiger partial charge on any atom is -0.508 e. The first kappa shape index (κ1) is 40.1. The summed E-state index contributed by atoms with van der Waals surface area (Å²) >= 11 is 0. The van der Waals surface area contributed by atoms with Crippen molar-refractivity contribution in [1.29, 1.82) is 0 Å². The lowest BCUT2D eigenvalue weighted by atomic mass is 9.98. The number of hydrogen-bond donors (Lipinski definition) is 4. The zero-order chi connectivity index (χ0) is 40.1. The van der Waals surface area contributed by atoms with E-state index in [1.807, 2.05) is 0 Å². The number of rotatable bonds is 3. The Hall–Kier alpha value is -6.12. The van der Waals surface area contributed by atoms with Gasteiger partial charge < -0.3 is 45.2 Å². The van der Waals surface area contributed by atoms with Crippen molar-refractivity contribution in [2.75, 3.05) is 28.3 Å². The van der Waals surface area contributed by atoms with Gasteiger partial charge in [0.25, 0.3) is 0 Å². The van der Waals surface area contributed by atoms with E-state index in [4.69, 9.17) is 9.47 Å². The van der Waals surface area contributed by atoms with E-state index in [1.54, 1.807) is 54.6 Å². The second-order valence-electron chi connectivity index (χ2n) is 14.1. The van der Waals surface area contributed by atoms with Crippen LogP contribution in [0.1, 0.15) is 37.5 Å². The molecular formula is C40H48N6O9. The van der Waals surface area contributed by atoms with Gasteiger partial charge in [-0.2, -0.15) is 0 Å². The number of phenols is 1. The average molecular weight is 757 g/mol. The van der Waals surface area contributed by atoms with Crippen molar-refractivity contribution >= 4 is 35.4 Å². The summed E-state index contributed by atoms with van der Waals surface area (Å²) in [6.07, 6.45) is 0.0624. The number of amides is 6. The summed E-state index contributed by atoms with van der Waals surface area (Å²) in [5.74, 6) is -2.36. The van der Waals surface area contributed by atoms with E-state index in [1.165, 1.54) is 75.9 Å². The van der Waals surface area contributed by atoms with Gasteiger partial charge in [-0.15, -0.1) is 0 Å². The van der Waals surface area contributed by atoms with Crippen molar-refractivity contribution in [3.8, 4) is 23.0 Å². The normalized spacial score (nSPS) is 24.6. The molecule has 1 saturated heterocycles. The van der Waals surface area contributed by atoms with Crippen LogP contribution in [-0.4, -0.2) is 120 Å². The Labute approximate surface area is 319 Å². The highest BCUT2D eigenvalue weighted by molar-refractivity contribution is 5.98. The summed E-state index contributed by atoms with van der Waals surface area (Å²) < 4.78 is 11.7. The predicted molar refractivity (Wildman–Crippen MR) is 201 cm³/mol. The first-order chi connectivity index (χ1) is 26.1. The van der Waals surface area contributed by atoms with E-state index < -0.39 is 71.7 Å². The van der Waals surface area contributed by atoms with Crippen molar-refractivity contribution < 1.29 is 43.3 Å². The molecule has 1 fully saturated rings. The fourth-order valence-electron chi connectivity index (χ4n) is 6.70. The van der Waals surface area contributed by atoms with Crippen LogP contribution in [0.15, 0.2) is 66.7 Å². The van der Waals surface area contributed by atoms with Gasteiger partial charge in [0.05, 0.1) is 7.11 Å². The third kappa shape index (κ3) is 9.16. The lowest BCUT2D eigenvalue weighted by molar-refractivity contribution is -0.149. The molecular weight excluding hydrogens is 708 g/mol. The Kier molecular flexibility index (Phi) is 12.3. The number of fused-ring (bicyclic) bond motifs is 2. The van der Waals surface area contributed by atoms with Gasteiger partial charge >= 0.3 is 0 Å². The Morgan fingerprint density at radius 2 is 1.20 bits per heavy atom. The summed E-state index contributed by atoms with van der Waals surface area (Å²) in [6.45, 7) is 4.40. The molecule has 3 aromatic carbocycles. The van der Waals surface area contributed by atoms with Gasteiger partial charge in [-0.05, 0) is 73.9 Å². The predicted octanol–water partition coefficient (Wildman–Crippen LogP) is 1.54. The fourth-order valence-corrected chi connectivity index (χ4v) is 6.70. The van der Waals surface area contributed by atoms with Gasteiger partial charge in [-0.1, -0.05) is 30.3 Å². The van der Waals surface area contributed by atoms with Gasteiger partial charge in [-0.3, -0.25) is 28.8 Å². The lowest BCUT2D eigenvalue weighted by Crippen LogP contribution is -2.61. The zero-order valence-electron chi connectivity index (χ0n) is 32.0. The number of carbonyl (C=O) groups excluding carboxylic acids is 6. The molecule has 3 aliphatic heterocycles. The number of likely N-dealkylation sites (N-methyl/N-ethyl adjacent to an activating group) is 3. The van der Waals surface area contributed by atoms with E-state index in [9.17, 15) is 33.9 Å². The van der Waals surface area contributed by atoms with Crippen LogP contribution < -0.4 is 25.4 Å². The van der Waals surface area contributed by atoms with Crippen LogP contribution in [0.25, 0.3) is 0 Å². The molecule has 0 aromatic heterocycles. The summed E-state index contributed by atoms with van der Waals surface area (Å²) in [7, 11) is 5.85. The number of benzene rings is 3. The van der Waals surface area contributed by atoms with Gasteiger partial charge in [0.1, 0.15) is 47.8 Å². The van der Waals surface area contributed by atoms with Gasteiger partial charge in [-0.25, -0.2) is 0 Å². The third-order valence-electron chi connectivity index (χ3n) is 10.1. The Balaban J connectivity index is 1.58. The fraction of sp³-hybridized carbons (Fsp3) is 0.400. The summed E-state index contributed by atoms with van der Waals surface area (Å²) in [4.78, 5) is 87.8. The Bertz CT molecular complexity index is 1940. The van der Waals surface area contributed by atoms with Gasteiger partial charge in [0, 0.05) is 40.4 Å². The Morgan fingerprint density at radius 1 is 0.655 bits per heavy atom. The van der Waals surface area contributed by atoms with Crippen LogP contribution in [0, 0.1) is 0 Å². The topological polar surface area (TPSA) is 187 Å². The van der Waals surface area contributed by atoms with Crippen LogP contribution in [0.5, 0.6) is 23.0 Å². The molecule has 15 heteroatoms. The quantitative estimate of drug-likeness (QED) is 0.308. The van der Waals surface area contributed by atoms with Crippen molar-refractivity contribution in [1.82, 2.24) is 30.7 Å². The molecule has 3 heterocycles. The maximum atomic E-state index is 14.6. The molecule has 0 unspecified atom stereocenters. The number of hydrogen-bond acceptors (Lipinski definition) is 9. The molecule has 0 spiro atoms.